The summed E-state index contributed by atoms with van der Waals surface area (Å²) in [5.41, 5.74) is 3.44. The maximum absolute atomic E-state index is 11.1. The summed E-state index contributed by atoms with van der Waals surface area (Å²) in [6, 6.07) is 11.9. The molecule has 0 unspecified atom stereocenters. The highest BCUT2D eigenvalue weighted by Crippen LogP contribution is 2.24. The molecule has 3 nitrogen and oxygen atoms in total. The quantitative estimate of drug-likeness (QED) is 0.673. The largest absolute Gasteiger partial charge is 0.298 e. The monoisotopic (exact) mass is 314 g/mol. The van der Waals surface area contributed by atoms with Crippen LogP contribution in [0.25, 0.3) is 16.9 Å². The second kappa shape index (κ2) is 4.63. The van der Waals surface area contributed by atoms with Gasteiger partial charge in [0.25, 0.3) is 0 Å². The molecule has 0 radical (unpaired) electrons. The summed E-state index contributed by atoms with van der Waals surface area (Å²) in [4.78, 5) is 15.6. The van der Waals surface area contributed by atoms with Gasteiger partial charge in [-0.1, -0.05) is 23.8 Å². The maximum Gasteiger partial charge on any atom is 0.170 e. The molecule has 2 aromatic heterocycles. The summed E-state index contributed by atoms with van der Waals surface area (Å²) in [7, 11) is 0. The second-order valence-corrected chi connectivity index (χ2v) is 5.33. The van der Waals surface area contributed by atoms with Gasteiger partial charge in [-0.2, -0.15) is 0 Å². The molecule has 94 valence electrons. The zero-order valence-corrected chi connectivity index (χ0v) is 11.9. The number of aldehydes is 1. The Balaban J connectivity index is 2.34. The Labute approximate surface area is 119 Å². The maximum atomic E-state index is 11.1. The molecular weight excluding hydrogens is 304 g/mol. The first kappa shape index (κ1) is 12.1. The number of aryl methyl sites for hydroxylation is 1. The van der Waals surface area contributed by atoms with Crippen molar-refractivity contribution in [3.63, 3.8) is 0 Å². The smallest absolute Gasteiger partial charge is 0.170 e. The van der Waals surface area contributed by atoms with Gasteiger partial charge in [0.2, 0.25) is 0 Å². The number of hydrogen-bond acceptors (Lipinski definition) is 2. The first-order chi connectivity index (χ1) is 9.19. The van der Waals surface area contributed by atoms with E-state index in [1.807, 2.05) is 47.9 Å². The number of carbonyl (C=O) groups excluding carboxylic acids is 1. The lowest BCUT2D eigenvalue weighted by Gasteiger charge is -2.03. The van der Waals surface area contributed by atoms with Crippen molar-refractivity contribution >= 4 is 27.7 Å². The third-order valence-corrected chi connectivity index (χ3v) is 3.49. The minimum absolute atomic E-state index is 0.462. The van der Waals surface area contributed by atoms with E-state index in [1.54, 1.807) is 0 Å². The minimum Gasteiger partial charge on any atom is -0.298 e. The lowest BCUT2D eigenvalue weighted by atomic mass is 10.1. The zero-order chi connectivity index (χ0) is 13.4. The van der Waals surface area contributed by atoms with Crippen LogP contribution in [0.4, 0.5) is 0 Å². The fourth-order valence-corrected chi connectivity index (χ4v) is 2.50. The topological polar surface area (TPSA) is 34.4 Å². The van der Waals surface area contributed by atoms with Gasteiger partial charge in [-0.05, 0) is 41.1 Å². The van der Waals surface area contributed by atoms with Crippen molar-refractivity contribution in [1.29, 1.82) is 0 Å². The lowest BCUT2D eigenvalue weighted by Crippen LogP contribution is -1.89. The molecule has 3 rings (SSSR count). The average molecular weight is 315 g/mol. The van der Waals surface area contributed by atoms with Crippen molar-refractivity contribution in [3.8, 4) is 11.4 Å². The molecule has 0 amide bonds. The van der Waals surface area contributed by atoms with Crippen LogP contribution in [0.1, 0.15) is 16.1 Å². The number of fused-ring (bicyclic) bond motifs is 1. The Morgan fingerprint density at radius 2 is 2.11 bits per heavy atom. The molecule has 0 bridgehead atoms. The van der Waals surface area contributed by atoms with E-state index in [4.69, 9.17) is 0 Å². The normalized spacial score (nSPS) is 10.8. The van der Waals surface area contributed by atoms with Gasteiger partial charge >= 0.3 is 0 Å². The number of hydrogen-bond donors (Lipinski definition) is 0. The number of carbonyl (C=O) groups is 1. The van der Waals surface area contributed by atoms with Gasteiger partial charge in [-0.3, -0.25) is 9.20 Å². The Bertz CT molecular complexity index is 777. The van der Waals surface area contributed by atoms with Crippen LogP contribution >= 0.6 is 15.9 Å². The molecule has 0 fully saturated rings. The van der Waals surface area contributed by atoms with Gasteiger partial charge in [0, 0.05) is 16.2 Å². The van der Waals surface area contributed by atoms with E-state index in [-0.39, 0.29) is 0 Å². The predicted octanol–water partition coefficient (Wildman–Crippen LogP) is 3.88. The summed E-state index contributed by atoms with van der Waals surface area (Å²) in [5, 5.41) is 0. The van der Waals surface area contributed by atoms with E-state index in [0.29, 0.717) is 5.69 Å². The highest BCUT2D eigenvalue weighted by Gasteiger charge is 2.12. The summed E-state index contributed by atoms with van der Waals surface area (Å²) in [5.74, 6) is 0.780. The summed E-state index contributed by atoms with van der Waals surface area (Å²) in [6.07, 6.45) is 2.72. The van der Waals surface area contributed by atoms with Gasteiger partial charge in [0.05, 0.1) is 5.52 Å². The van der Waals surface area contributed by atoms with Crippen molar-refractivity contribution in [3.05, 3.63) is 58.3 Å². The van der Waals surface area contributed by atoms with Crippen LogP contribution in [-0.4, -0.2) is 15.7 Å². The number of nitrogens with zero attached hydrogens (tertiary/aromatic N) is 2. The van der Waals surface area contributed by atoms with Gasteiger partial charge in [-0.25, -0.2) is 4.98 Å². The molecule has 0 aliphatic rings. The number of benzene rings is 1. The van der Waals surface area contributed by atoms with E-state index in [9.17, 15) is 4.79 Å². The van der Waals surface area contributed by atoms with Gasteiger partial charge in [0.15, 0.2) is 6.29 Å². The third kappa shape index (κ3) is 2.08. The van der Waals surface area contributed by atoms with Crippen LogP contribution in [0, 0.1) is 6.92 Å². The molecule has 3 aromatic rings. The van der Waals surface area contributed by atoms with Crippen LogP contribution in [0.3, 0.4) is 0 Å². The van der Waals surface area contributed by atoms with Crippen molar-refractivity contribution in [1.82, 2.24) is 9.38 Å². The third-order valence-electron chi connectivity index (χ3n) is 3.02. The molecule has 0 atom stereocenters. The molecule has 2 heterocycles. The summed E-state index contributed by atoms with van der Waals surface area (Å²) >= 11 is 3.45. The summed E-state index contributed by atoms with van der Waals surface area (Å²) in [6.45, 7) is 2.04. The van der Waals surface area contributed by atoms with Gasteiger partial charge in [-0.15, -0.1) is 0 Å². The Morgan fingerprint density at radius 3 is 2.84 bits per heavy atom. The van der Waals surface area contributed by atoms with Gasteiger partial charge < -0.3 is 0 Å². The van der Waals surface area contributed by atoms with E-state index in [2.05, 4.69) is 27.0 Å². The molecule has 4 heteroatoms. The number of rotatable bonds is 2. The van der Waals surface area contributed by atoms with Crippen molar-refractivity contribution in [2.45, 2.75) is 6.92 Å². The first-order valence-corrected chi connectivity index (χ1v) is 6.68. The number of halogens is 1. The van der Waals surface area contributed by atoms with Gasteiger partial charge in [0.1, 0.15) is 11.5 Å². The Kier molecular flexibility index (Phi) is 2.95. The highest BCUT2D eigenvalue weighted by molar-refractivity contribution is 9.10. The average Bonchev–Trinajstić information content (AvgIpc) is 2.76. The number of aromatic nitrogens is 2. The summed E-state index contributed by atoms with van der Waals surface area (Å²) < 4.78 is 2.88. The van der Waals surface area contributed by atoms with Crippen LogP contribution in [-0.2, 0) is 0 Å². The molecule has 1 aromatic carbocycles. The minimum atomic E-state index is 0.462. The Hall–Kier alpha value is -1.94. The van der Waals surface area contributed by atoms with E-state index in [1.165, 1.54) is 0 Å². The molecule has 0 spiro atoms. The van der Waals surface area contributed by atoms with E-state index >= 15 is 0 Å². The zero-order valence-electron chi connectivity index (χ0n) is 10.3. The van der Waals surface area contributed by atoms with Crippen molar-refractivity contribution in [2.24, 2.45) is 0 Å². The Morgan fingerprint density at radius 1 is 1.26 bits per heavy atom. The van der Waals surface area contributed by atoms with Crippen LogP contribution in [0.5, 0.6) is 0 Å². The highest BCUT2D eigenvalue weighted by atomic mass is 79.9. The van der Waals surface area contributed by atoms with Crippen LogP contribution < -0.4 is 0 Å². The fourth-order valence-electron chi connectivity index (χ4n) is 2.16. The van der Waals surface area contributed by atoms with Crippen LogP contribution in [0.15, 0.2) is 47.1 Å². The number of pyridine rings is 1. The molecule has 0 saturated carbocycles. The number of imidazole rings is 1. The molecule has 0 N–H and O–H groups in total. The van der Waals surface area contributed by atoms with Crippen LogP contribution in [0.2, 0.25) is 0 Å². The molecule has 0 aliphatic heterocycles. The fraction of sp³-hybridized carbons (Fsp3) is 0.0667. The second-order valence-electron chi connectivity index (χ2n) is 4.41. The molecule has 0 saturated heterocycles. The molecule has 0 aliphatic carbocycles. The predicted molar refractivity (Wildman–Crippen MR) is 78.5 cm³/mol. The molecule has 19 heavy (non-hydrogen) atoms. The SMILES string of the molecule is Cc1cccc(-c2nc(C=O)c3ccc(Br)cn23)c1. The van der Waals surface area contributed by atoms with E-state index in [0.717, 1.165) is 33.2 Å². The van der Waals surface area contributed by atoms with Crippen molar-refractivity contribution < 1.29 is 4.79 Å². The van der Waals surface area contributed by atoms with E-state index < -0.39 is 0 Å². The van der Waals surface area contributed by atoms with Crippen molar-refractivity contribution in [2.75, 3.05) is 0 Å². The molecular formula is C15H11BrN2O. The lowest BCUT2D eigenvalue weighted by molar-refractivity contribution is 0.112. The first-order valence-electron chi connectivity index (χ1n) is 5.89. The standard InChI is InChI=1S/C15H11BrN2O/c1-10-3-2-4-11(7-10)15-17-13(9-19)14-6-5-12(16)8-18(14)15/h2-9H,1H3.